The molecule has 0 saturated carbocycles. The van der Waals surface area contributed by atoms with Gasteiger partial charge in [0.15, 0.2) is 11.5 Å². The lowest BCUT2D eigenvalue weighted by Crippen LogP contribution is -2.19. The minimum atomic E-state index is 0.487. The summed E-state index contributed by atoms with van der Waals surface area (Å²) < 4.78 is 22.5. The number of ether oxygens (including phenoxy) is 4. The Labute approximate surface area is 198 Å². The average molecular weight is 469 g/mol. The summed E-state index contributed by atoms with van der Waals surface area (Å²) in [4.78, 5) is 12.6. The number of fused-ring (bicyclic) bond motifs is 3. The van der Waals surface area contributed by atoms with Gasteiger partial charge in [-0.1, -0.05) is 0 Å². The minimum absolute atomic E-state index is 0.487. The lowest BCUT2D eigenvalue weighted by molar-refractivity contribution is 0.247. The number of benzene rings is 2. The van der Waals surface area contributed by atoms with Gasteiger partial charge in [-0.05, 0) is 32.3 Å². The zero-order valence-corrected chi connectivity index (χ0v) is 20.3. The van der Waals surface area contributed by atoms with E-state index in [1.165, 1.54) is 4.90 Å². The molecule has 1 aromatic heterocycles. The van der Waals surface area contributed by atoms with Crippen molar-refractivity contribution < 1.29 is 18.9 Å². The van der Waals surface area contributed by atoms with Crippen molar-refractivity contribution in [3.8, 4) is 34.3 Å². The Morgan fingerprint density at radius 3 is 2.58 bits per heavy atom. The maximum absolute atomic E-state index is 5.98. The van der Waals surface area contributed by atoms with Crippen LogP contribution in [0.2, 0.25) is 0 Å². The van der Waals surface area contributed by atoms with E-state index in [4.69, 9.17) is 23.9 Å². The van der Waals surface area contributed by atoms with Gasteiger partial charge in [0.1, 0.15) is 12.4 Å². The normalized spacial score (nSPS) is 12.1. The lowest BCUT2D eigenvalue weighted by Gasteiger charge is -2.20. The lowest BCUT2D eigenvalue weighted by atomic mass is 10.1. The fourth-order valence-corrected chi connectivity index (χ4v) is 4.48. The molecule has 1 N–H and O–H groups in total. The van der Waals surface area contributed by atoms with Crippen LogP contribution < -0.4 is 24.3 Å². The van der Waals surface area contributed by atoms with Crippen LogP contribution in [-0.4, -0.2) is 63.4 Å². The van der Waals surface area contributed by atoms with Crippen LogP contribution in [0.25, 0.3) is 11.3 Å². The maximum atomic E-state index is 5.98. The molecule has 0 radical (unpaired) electrons. The van der Waals surface area contributed by atoms with E-state index in [0.29, 0.717) is 29.8 Å². The molecular weight excluding hydrogens is 440 g/mol. The number of nitrogens with one attached hydrogen (secondary N) is 1. The summed E-state index contributed by atoms with van der Waals surface area (Å²) in [6.45, 7) is 1.29. The molecule has 0 spiro atoms. The van der Waals surface area contributed by atoms with Gasteiger partial charge in [0, 0.05) is 52.3 Å². The van der Waals surface area contributed by atoms with E-state index in [1.54, 1.807) is 33.1 Å². The largest absolute Gasteiger partial charge is 0.497 e. The van der Waals surface area contributed by atoms with Gasteiger partial charge in [-0.3, -0.25) is 0 Å². The third-order valence-corrected chi connectivity index (χ3v) is 6.31. The van der Waals surface area contributed by atoms with E-state index in [9.17, 15) is 0 Å². The first kappa shape index (κ1) is 23.0. The molecule has 0 aliphatic carbocycles. The summed E-state index contributed by atoms with van der Waals surface area (Å²) in [7, 11) is 8.86. The monoisotopic (exact) mass is 468 g/mol. The Bertz CT molecular complexity index is 1140. The summed E-state index contributed by atoms with van der Waals surface area (Å²) in [5.74, 6) is 3.81. The number of aromatic nitrogens is 2. The molecule has 0 saturated heterocycles. The third-order valence-electron chi connectivity index (χ3n) is 5.19. The summed E-state index contributed by atoms with van der Waals surface area (Å²) in [5, 5.41) is 3.29. The van der Waals surface area contributed by atoms with Crippen molar-refractivity contribution >= 4 is 23.4 Å². The number of thioether (sulfide) groups is 1. The Hall–Kier alpha value is -3.17. The van der Waals surface area contributed by atoms with E-state index in [0.717, 1.165) is 40.6 Å². The van der Waals surface area contributed by atoms with E-state index in [2.05, 4.69) is 21.3 Å². The molecule has 2 heterocycles. The number of nitrogens with zero attached hydrogens (tertiary/aromatic N) is 3. The van der Waals surface area contributed by atoms with Gasteiger partial charge in [-0.2, -0.15) is 0 Å². The van der Waals surface area contributed by atoms with Crippen LogP contribution >= 0.6 is 11.8 Å². The molecule has 3 aromatic rings. The van der Waals surface area contributed by atoms with E-state index < -0.39 is 0 Å². The Morgan fingerprint density at radius 2 is 1.85 bits per heavy atom. The predicted molar refractivity (Wildman–Crippen MR) is 130 cm³/mol. The molecule has 33 heavy (non-hydrogen) atoms. The molecule has 8 nitrogen and oxygen atoms in total. The van der Waals surface area contributed by atoms with Gasteiger partial charge in [0.05, 0.1) is 27.0 Å². The van der Waals surface area contributed by atoms with Crippen molar-refractivity contribution in [2.24, 2.45) is 0 Å². The van der Waals surface area contributed by atoms with Gasteiger partial charge in [-0.25, -0.2) is 9.97 Å². The highest BCUT2D eigenvalue weighted by molar-refractivity contribution is 7.98. The number of rotatable bonds is 9. The first-order valence-corrected chi connectivity index (χ1v) is 11.5. The zero-order valence-electron chi connectivity index (χ0n) is 19.5. The average Bonchev–Trinajstić information content (AvgIpc) is 2.83. The van der Waals surface area contributed by atoms with Crippen LogP contribution in [0.1, 0.15) is 5.56 Å². The number of hydrogen-bond acceptors (Lipinski definition) is 9. The fourth-order valence-electron chi connectivity index (χ4n) is 3.48. The molecule has 0 fully saturated rings. The quantitative estimate of drug-likeness (QED) is 0.490. The van der Waals surface area contributed by atoms with E-state index in [-0.39, 0.29) is 0 Å². The van der Waals surface area contributed by atoms with Gasteiger partial charge >= 0.3 is 0 Å². The minimum Gasteiger partial charge on any atom is -0.497 e. The molecule has 0 unspecified atom stereocenters. The van der Waals surface area contributed by atoms with Crippen molar-refractivity contribution in [1.82, 2.24) is 14.9 Å². The Kier molecular flexibility index (Phi) is 7.10. The number of likely N-dealkylation sites (N-methyl/N-ethyl adjacent to an activating group) is 1. The Balaban J connectivity index is 1.65. The second-order valence-electron chi connectivity index (χ2n) is 7.70. The first-order chi connectivity index (χ1) is 16.0. The van der Waals surface area contributed by atoms with Gasteiger partial charge in [0.25, 0.3) is 0 Å². The van der Waals surface area contributed by atoms with E-state index >= 15 is 0 Å². The van der Waals surface area contributed by atoms with Crippen molar-refractivity contribution in [2.75, 3.05) is 53.9 Å². The molecule has 9 heteroatoms. The SMILES string of the molecule is COc1ccc2c(c1)-c1nc(Nc3cc(OC)c(OC)c(OCCN(C)C)c3)ncc1CS2. The van der Waals surface area contributed by atoms with Crippen molar-refractivity contribution in [1.29, 1.82) is 0 Å². The van der Waals surface area contributed by atoms with Gasteiger partial charge in [0.2, 0.25) is 11.7 Å². The molecule has 0 bridgehead atoms. The van der Waals surface area contributed by atoms with Crippen molar-refractivity contribution in [3.63, 3.8) is 0 Å². The molecule has 0 atom stereocenters. The molecule has 0 amide bonds. The summed E-state index contributed by atoms with van der Waals surface area (Å²) in [5.41, 5.74) is 3.78. The second-order valence-corrected chi connectivity index (χ2v) is 8.72. The summed E-state index contributed by atoms with van der Waals surface area (Å²) in [6, 6.07) is 9.77. The molecule has 2 aromatic carbocycles. The van der Waals surface area contributed by atoms with Crippen molar-refractivity contribution in [2.45, 2.75) is 10.6 Å². The van der Waals surface area contributed by atoms with Gasteiger partial charge < -0.3 is 29.2 Å². The number of anilines is 2. The fraction of sp³-hybridized carbons (Fsp3) is 0.333. The highest BCUT2D eigenvalue weighted by Crippen LogP contribution is 2.43. The molecular formula is C24H28N4O4S. The zero-order chi connectivity index (χ0) is 23.4. The van der Waals surface area contributed by atoms with Crippen LogP contribution in [0, 0.1) is 0 Å². The second kappa shape index (κ2) is 10.2. The number of hydrogen-bond donors (Lipinski definition) is 1. The topological polar surface area (TPSA) is 78.0 Å². The van der Waals surface area contributed by atoms with Crippen LogP contribution in [-0.2, 0) is 5.75 Å². The van der Waals surface area contributed by atoms with Crippen molar-refractivity contribution in [3.05, 3.63) is 42.1 Å². The molecule has 4 rings (SSSR count). The summed E-state index contributed by atoms with van der Waals surface area (Å²) in [6.07, 6.45) is 1.87. The van der Waals surface area contributed by atoms with Crippen LogP contribution in [0.3, 0.4) is 0 Å². The molecule has 1 aliphatic heterocycles. The van der Waals surface area contributed by atoms with Gasteiger partial charge in [-0.15, -0.1) is 11.8 Å². The third kappa shape index (κ3) is 5.09. The first-order valence-electron chi connectivity index (χ1n) is 10.5. The van der Waals surface area contributed by atoms with Crippen LogP contribution in [0.15, 0.2) is 41.4 Å². The summed E-state index contributed by atoms with van der Waals surface area (Å²) >= 11 is 1.77. The Morgan fingerprint density at radius 1 is 1.03 bits per heavy atom. The number of methoxy groups -OCH3 is 3. The smallest absolute Gasteiger partial charge is 0.227 e. The predicted octanol–water partition coefficient (Wildman–Crippen LogP) is 4.46. The highest BCUT2D eigenvalue weighted by atomic mass is 32.2. The standard InChI is InChI=1S/C24H28N4O4S/c1-28(2)8-9-32-20-11-16(10-19(30-4)23(20)31-5)26-24-25-13-15-14-33-21-7-6-17(29-3)12-18(21)22(15)27-24/h6-7,10-13H,8-9,14H2,1-5H3,(H,25,26,27). The highest BCUT2D eigenvalue weighted by Gasteiger charge is 2.21. The maximum Gasteiger partial charge on any atom is 0.227 e. The van der Waals surface area contributed by atoms with Crippen LogP contribution in [0.5, 0.6) is 23.0 Å². The van der Waals surface area contributed by atoms with Crippen LogP contribution in [0.4, 0.5) is 11.6 Å². The molecule has 174 valence electrons. The molecule has 1 aliphatic rings. The van der Waals surface area contributed by atoms with E-state index in [1.807, 2.05) is 44.6 Å².